The van der Waals surface area contributed by atoms with Crippen molar-refractivity contribution in [3.63, 3.8) is 0 Å². The molecule has 0 bridgehead atoms. The number of imide groups is 1. The average Bonchev–Trinajstić information content (AvgIpc) is 3.68. The first-order chi connectivity index (χ1) is 18.0. The standard InChI is InChI=1S/C27H21N3O6S/c1-34-19-10-6-17(7-11-19)28-23-24(27(33)30(26(23)32)16-20-4-2-14-35-20)37-21-12-8-18(9-13-21)29-25(31)22-5-3-15-36-22/h2-15,28H,16H2,1H3,(H,29,31). The normalized spacial score (nSPS) is 13.3. The van der Waals surface area contributed by atoms with Crippen LogP contribution >= 0.6 is 11.8 Å². The molecule has 2 aromatic carbocycles. The number of amides is 3. The zero-order chi connectivity index (χ0) is 25.8. The summed E-state index contributed by atoms with van der Waals surface area (Å²) in [7, 11) is 1.57. The fourth-order valence-electron chi connectivity index (χ4n) is 3.60. The van der Waals surface area contributed by atoms with Gasteiger partial charge in [0.1, 0.15) is 22.1 Å². The number of benzene rings is 2. The third kappa shape index (κ3) is 5.29. The molecule has 0 spiro atoms. The Morgan fingerprint density at radius 1 is 0.892 bits per heavy atom. The molecule has 10 heteroatoms. The summed E-state index contributed by atoms with van der Waals surface area (Å²) >= 11 is 1.16. The van der Waals surface area contributed by atoms with Gasteiger partial charge in [-0.2, -0.15) is 0 Å². The van der Waals surface area contributed by atoms with Crippen molar-refractivity contribution < 1.29 is 28.0 Å². The van der Waals surface area contributed by atoms with Crippen LogP contribution in [0.15, 0.2) is 110 Å². The summed E-state index contributed by atoms with van der Waals surface area (Å²) in [5.74, 6) is 0.100. The topological polar surface area (TPSA) is 114 Å². The monoisotopic (exact) mass is 515 g/mol. The second kappa shape index (κ2) is 10.5. The molecule has 9 nitrogen and oxygen atoms in total. The van der Waals surface area contributed by atoms with Gasteiger partial charge in [-0.15, -0.1) is 0 Å². The van der Waals surface area contributed by atoms with Crippen molar-refractivity contribution in [3.8, 4) is 5.75 Å². The Kier molecular flexibility index (Phi) is 6.82. The number of ether oxygens (including phenoxy) is 1. The van der Waals surface area contributed by atoms with Crippen molar-refractivity contribution in [3.05, 3.63) is 107 Å². The number of carbonyl (C=O) groups excluding carboxylic acids is 3. The van der Waals surface area contributed by atoms with Gasteiger partial charge in [0.05, 0.1) is 26.2 Å². The smallest absolute Gasteiger partial charge is 0.291 e. The maximum absolute atomic E-state index is 13.3. The highest BCUT2D eigenvalue weighted by Gasteiger charge is 2.39. The van der Waals surface area contributed by atoms with Crippen molar-refractivity contribution >= 4 is 40.9 Å². The Balaban J connectivity index is 1.38. The van der Waals surface area contributed by atoms with E-state index >= 15 is 0 Å². The second-order valence-electron chi connectivity index (χ2n) is 7.89. The third-order valence-corrected chi connectivity index (χ3v) is 6.55. The van der Waals surface area contributed by atoms with E-state index in [2.05, 4.69) is 10.6 Å². The molecule has 3 amide bonds. The lowest BCUT2D eigenvalue weighted by molar-refractivity contribution is -0.138. The first-order valence-electron chi connectivity index (χ1n) is 11.2. The highest BCUT2D eigenvalue weighted by atomic mass is 32.2. The number of furan rings is 2. The lowest BCUT2D eigenvalue weighted by atomic mass is 10.3. The molecule has 0 fully saturated rings. The zero-order valence-corrected chi connectivity index (χ0v) is 20.4. The van der Waals surface area contributed by atoms with Gasteiger partial charge in [0.15, 0.2) is 5.76 Å². The molecule has 0 saturated heterocycles. The first-order valence-corrected chi connectivity index (χ1v) is 12.0. The number of methoxy groups -OCH3 is 1. The summed E-state index contributed by atoms with van der Waals surface area (Å²) in [6.45, 7) is 0.0142. The predicted molar refractivity (Wildman–Crippen MR) is 137 cm³/mol. The van der Waals surface area contributed by atoms with E-state index in [1.54, 1.807) is 79.9 Å². The van der Waals surface area contributed by atoms with Gasteiger partial charge in [0, 0.05) is 16.3 Å². The van der Waals surface area contributed by atoms with Gasteiger partial charge >= 0.3 is 0 Å². The number of carbonyl (C=O) groups is 3. The summed E-state index contributed by atoms with van der Waals surface area (Å²) in [6, 6.07) is 20.6. The number of hydrogen-bond acceptors (Lipinski definition) is 8. The van der Waals surface area contributed by atoms with Crippen LogP contribution in [-0.2, 0) is 16.1 Å². The molecular formula is C27H21N3O6S. The number of nitrogens with zero attached hydrogens (tertiary/aromatic N) is 1. The highest BCUT2D eigenvalue weighted by Crippen LogP contribution is 2.37. The largest absolute Gasteiger partial charge is 0.497 e. The molecule has 2 aromatic heterocycles. The highest BCUT2D eigenvalue weighted by molar-refractivity contribution is 8.04. The minimum Gasteiger partial charge on any atom is -0.497 e. The van der Waals surface area contributed by atoms with E-state index in [4.69, 9.17) is 13.6 Å². The van der Waals surface area contributed by atoms with E-state index in [9.17, 15) is 14.4 Å². The lowest BCUT2D eigenvalue weighted by Crippen LogP contribution is -2.31. The van der Waals surface area contributed by atoms with Crippen LogP contribution < -0.4 is 15.4 Å². The maximum Gasteiger partial charge on any atom is 0.291 e. The summed E-state index contributed by atoms with van der Waals surface area (Å²) < 4.78 is 15.6. The van der Waals surface area contributed by atoms with Gasteiger partial charge in [-0.25, -0.2) is 0 Å². The number of hydrogen-bond donors (Lipinski definition) is 2. The molecule has 0 atom stereocenters. The number of rotatable bonds is 9. The zero-order valence-electron chi connectivity index (χ0n) is 19.6. The molecule has 2 N–H and O–H groups in total. The van der Waals surface area contributed by atoms with Gasteiger partial charge in [-0.1, -0.05) is 11.8 Å². The molecular weight excluding hydrogens is 494 g/mol. The van der Waals surface area contributed by atoms with Gasteiger partial charge in [0.2, 0.25) is 0 Å². The molecule has 1 aliphatic heterocycles. The average molecular weight is 516 g/mol. The third-order valence-electron chi connectivity index (χ3n) is 5.46. The van der Waals surface area contributed by atoms with Crippen molar-refractivity contribution in [1.82, 2.24) is 4.90 Å². The minimum atomic E-state index is -0.456. The van der Waals surface area contributed by atoms with Crippen molar-refractivity contribution in [2.45, 2.75) is 11.4 Å². The molecule has 4 aromatic rings. The fraction of sp³-hybridized carbons (Fsp3) is 0.0741. The van der Waals surface area contributed by atoms with E-state index in [0.717, 1.165) is 16.7 Å². The van der Waals surface area contributed by atoms with Crippen molar-refractivity contribution in [2.75, 3.05) is 17.7 Å². The SMILES string of the molecule is COc1ccc(NC2=C(Sc3ccc(NC(=O)c4ccco4)cc3)C(=O)N(Cc3ccco3)C2=O)cc1. The van der Waals surface area contributed by atoms with Crippen LogP contribution in [0, 0.1) is 0 Å². The van der Waals surface area contributed by atoms with Gasteiger partial charge in [-0.3, -0.25) is 19.3 Å². The molecule has 186 valence electrons. The number of anilines is 2. The predicted octanol–water partition coefficient (Wildman–Crippen LogP) is 5.12. The van der Waals surface area contributed by atoms with Crippen LogP contribution in [0.2, 0.25) is 0 Å². The first kappa shape index (κ1) is 24.0. The summed E-state index contributed by atoms with van der Waals surface area (Å²) in [6.07, 6.45) is 2.92. The van der Waals surface area contributed by atoms with Gasteiger partial charge in [0.25, 0.3) is 17.7 Å². The Morgan fingerprint density at radius 3 is 2.24 bits per heavy atom. The molecule has 5 rings (SSSR count). The van der Waals surface area contributed by atoms with Crippen LogP contribution in [0.3, 0.4) is 0 Å². The van der Waals surface area contributed by atoms with E-state index < -0.39 is 11.8 Å². The van der Waals surface area contributed by atoms with Crippen molar-refractivity contribution in [1.29, 1.82) is 0 Å². The molecule has 1 aliphatic rings. The van der Waals surface area contributed by atoms with Crippen molar-refractivity contribution in [2.24, 2.45) is 0 Å². The lowest BCUT2D eigenvalue weighted by Gasteiger charge is -2.13. The van der Waals surface area contributed by atoms with E-state index in [1.807, 2.05) is 0 Å². The Hall–Kier alpha value is -4.70. The van der Waals surface area contributed by atoms with E-state index in [-0.39, 0.29) is 28.8 Å². The Labute approximate surface area is 216 Å². The van der Waals surface area contributed by atoms with E-state index in [1.165, 1.54) is 12.5 Å². The Morgan fingerprint density at radius 2 is 1.59 bits per heavy atom. The minimum absolute atomic E-state index is 0.0142. The molecule has 0 radical (unpaired) electrons. The second-order valence-corrected chi connectivity index (χ2v) is 8.98. The molecule has 0 aliphatic carbocycles. The molecule has 37 heavy (non-hydrogen) atoms. The number of nitrogens with one attached hydrogen (secondary N) is 2. The maximum atomic E-state index is 13.3. The molecule has 0 unspecified atom stereocenters. The molecule has 0 saturated carbocycles. The Bertz CT molecular complexity index is 1440. The summed E-state index contributed by atoms with van der Waals surface area (Å²) in [4.78, 5) is 41.0. The van der Waals surface area contributed by atoms with Crippen LogP contribution in [-0.4, -0.2) is 29.7 Å². The van der Waals surface area contributed by atoms with Crippen LogP contribution in [0.5, 0.6) is 5.75 Å². The van der Waals surface area contributed by atoms with E-state index in [0.29, 0.717) is 27.8 Å². The summed E-state index contributed by atoms with van der Waals surface area (Å²) in [5.41, 5.74) is 1.36. The van der Waals surface area contributed by atoms with Crippen LogP contribution in [0.1, 0.15) is 16.3 Å². The fourth-order valence-corrected chi connectivity index (χ4v) is 4.55. The summed E-state index contributed by atoms with van der Waals surface area (Å²) in [5, 5.41) is 5.85. The van der Waals surface area contributed by atoms with Gasteiger partial charge < -0.3 is 24.2 Å². The molecule has 3 heterocycles. The quantitative estimate of drug-likeness (QED) is 0.295. The van der Waals surface area contributed by atoms with Crippen LogP contribution in [0.4, 0.5) is 11.4 Å². The van der Waals surface area contributed by atoms with Crippen LogP contribution in [0.25, 0.3) is 0 Å². The number of thioether (sulfide) groups is 1. The van der Waals surface area contributed by atoms with Gasteiger partial charge in [-0.05, 0) is 72.8 Å².